The molecule has 8 heteroatoms. The van der Waals surface area contributed by atoms with Crippen LogP contribution in [-0.4, -0.2) is 15.0 Å². The number of pyridine rings is 1. The van der Waals surface area contributed by atoms with E-state index in [0.717, 1.165) is 99.0 Å². The van der Waals surface area contributed by atoms with E-state index in [4.69, 9.17) is 14.4 Å². The van der Waals surface area contributed by atoms with Crippen molar-refractivity contribution < 1.29 is 4.42 Å². The molecule has 0 saturated carbocycles. The maximum atomic E-state index is 6.71. The van der Waals surface area contributed by atoms with Gasteiger partial charge in [-0.15, -0.1) is 22.7 Å². The Morgan fingerprint density at radius 3 is 1.57 bits per heavy atom. The van der Waals surface area contributed by atoms with Gasteiger partial charge in [-0.2, -0.15) is 0 Å². The van der Waals surface area contributed by atoms with E-state index in [1.807, 2.05) is 24.4 Å². The van der Waals surface area contributed by atoms with Crippen LogP contribution in [0.5, 0.6) is 0 Å². The first kappa shape index (κ1) is 35.3. The fourth-order valence-electron chi connectivity index (χ4n) is 8.23. The zero-order valence-corrected chi connectivity index (χ0v) is 34.1. The molecule has 4 aromatic heterocycles. The minimum Gasteiger partial charge on any atom is -0.456 e. The second-order valence-electron chi connectivity index (χ2n) is 14.9. The number of benzene rings is 8. The zero-order chi connectivity index (χ0) is 40.3. The van der Waals surface area contributed by atoms with Crippen molar-refractivity contribution in [2.45, 2.75) is 0 Å². The molecule has 8 aromatic carbocycles. The molecule has 0 radical (unpaired) electrons. The van der Waals surface area contributed by atoms with Gasteiger partial charge in [-0.05, 0) is 144 Å². The normalized spacial score (nSPS) is 11.6. The molecular formula is C53H33N5OS2. The summed E-state index contributed by atoms with van der Waals surface area (Å²) in [5, 5.41) is 6.42. The highest BCUT2D eigenvalue weighted by molar-refractivity contribution is 7.22. The van der Waals surface area contributed by atoms with Crippen molar-refractivity contribution in [1.82, 2.24) is 15.0 Å². The van der Waals surface area contributed by atoms with Gasteiger partial charge in [0.2, 0.25) is 0 Å². The minimum absolute atomic E-state index is 0.821. The lowest BCUT2D eigenvalue weighted by Gasteiger charge is -2.26. The lowest BCUT2D eigenvalue weighted by Crippen LogP contribution is -2.10. The summed E-state index contributed by atoms with van der Waals surface area (Å²) >= 11 is 3.43. The number of aromatic nitrogens is 3. The minimum atomic E-state index is 0.821. The van der Waals surface area contributed by atoms with Crippen LogP contribution in [0.15, 0.2) is 205 Å². The third-order valence-electron chi connectivity index (χ3n) is 11.2. The molecule has 288 valence electrons. The van der Waals surface area contributed by atoms with Gasteiger partial charge in [-0.25, -0.2) is 9.97 Å². The van der Waals surface area contributed by atoms with Crippen LogP contribution in [-0.2, 0) is 0 Å². The van der Waals surface area contributed by atoms with Gasteiger partial charge in [-0.3, -0.25) is 4.98 Å². The van der Waals surface area contributed by atoms with Crippen molar-refractivity contribution in [3.63, 3.8) is 0 Å². The fraction of sp³-hybridized carbons (Fsp3) is 0. The molecule has 0 fully saturated rings. The highest BCUT2D eigenvalue weighted by Gasteiger charge is 2.19. The van der Waals surface area contributed by atoms with Gasteiger partial charge in [0.05, 0.1) is 32.3 Å². The van der Waals surface area contributed by atoms with E-state index in [1.165, 1.54) is 9.40 Å². The van der Waals surface area contributed by atoms with Gasteiger partial charge in [0.25, 0.3) is 0 Å². The third kappa shape index (κ3) is 6.37. The second-order valence-corrected chi connectivity index (χ2v) is 17.0. The molecule has 0 spiro atoms. The van der Waals surface area contributed by atoms with Crippen molar-refractivity contribution in [2.24, 2.45) is 0 Å². The number of anilines is 6. The van der Waals surface area contributed by atoms with Crippen molar-refractivity contribution in [1.29, 1.82) is 0 Å². The number of furan rings is 1. The molecule has 6 nitrogen and oxygen atoms in total. The zero-order valence-electron chi connectivity index (χ0n) is 32.5. The number of nitrogens with zero attached hydrogens (tertiary/aromatic N) is 5. The molecule has 0 saturated heterocycles. The Morgan fingerprint density at radius 2 is 0.934 bits per heavy atom. The van der Waals surface area contributed by atoms with E-state index in [9.17, 15) is 0 Å². The molecule has 4 heterocycles. The third-order valence-corrected chi connectivity index (χ3v) is 13.3. The van der Waals surface area contributed by atoms with Gasteiger partial charge in [0, 0.05) is 62.6 Å². The number of rotatable bonds is 8. The molecule has 12 aromatic rings. The predicted octanol–water partition coefficient (Wildman–Crippen LogP) is 15.6. The smallest absolute Gasteiger partial charge is 0.137 e. The van der Waals surface area contributed by atoms with Crippen molar-refractivity contribution in [3.05, 3.63) is 200 Å². The van der Waals surface area contributed by atoms with E-state index < -0.39 is 0 Å². The average Bonchev–Trinajstić information content (AvgIpc) is 4.05. The molecule has 0 bridgehead atoms. The summed E-state index contributed by atoms with van der Waals surface area (Å²) in [7, 11) is 0. The molecule has 0 N–H and O–H groups in total. The van der Waals surface area contributed by atoms with Crippen molar-refractivity contribution in [3.8, 4) is 21.1 Å². The van der Waals surface area contributed by atoms with Crippen molar-refractivity contribution in [2.75, 3.05) is 9.80 Å². The summed E-state index contributed by atoms with van der Waals surface area (Å²) in [6, 6.07) is 66.0. The molecule has 0 aliphatic carbocycles. The van der Waals surface area contributed by atoms with Crippen LogP contribution in [0.4, 0.5) is 34.1 Å². The summed E-state index contributed by atoms with van der Waals surface area (Å²) in [5.74, 6) is 0. The van der Waals surface area contributed by atoms with Crippen molar-refractivity contribution >= 4 is 110 Å². The molecule has 61 heavy (non-hydrogen) atoms. The first-order chi connectivity index (χ1) is 30.2. The number of thiazole rings is 2. The Hall–Kier alpha value is -7.65. The van der Waals surface area contributed by atoms with Crippen LogP contribution in [0.3, 0.4) is 0 Å². The summed E-state index contributed by atoms with van der Waals surface area (Å²) in [6.45, 7) is 0. The quantitative estimate of drug-likeness (QED) is 0.152. The summed E-state index contributed by atoms with van der Waals surface area (Å²) in [6.07, 6.45) is 3.70. The second kappa shape index (κ2) is 14.6. The van der Waals surface area contributed by atoms with Gasteiger partial charge >= 0.3 is 0 Å². The van der Waals surface area contributed by atoms with Crippen LogP contribution < -0.4 is 9.80 Å². The van der Waals surface area contributed by atoms with Crippen LogP contribution in [0.2, 0.25) is 0 Å². The van der Waals surface area contributed by atoms with Gasteiger partial charge in [-0.1, -0.05) is 48.5 Å². The highest BCUT2D eigenvalue weighted by atomic mass is 32.1. The fourth-order valence-corrected chi connectivity index (χ4v) is 10.2. The summed E-state index contributed by atoms with van der Waals surface area (Å²) < 4.78 is 9.08. The topological polar surface area (TPSA) is 58.3 Å². The lowest BCUT2D eigenvalue weighted by molar-refractivity contribution is 0.669. The van der Waals surface area contributed by atoms with Crippen LogP contribution in [0.25, 0.3) is 74.3 Å². The molecule has 0 aliphatic heterocycles. The summed E-state index contributed by atoms with van der Waals surface area (Å²) in [5.41, 5.74) is 12.1. The molecule has 0 atom stereocenters. The van der Waals surface area contributed by atoms with Crippen LogP contribution in [0, 0.1) is 0 Å². The highest BCUT2D eigenvalue weighted by Crippen LogP contribution is 2.42. The number of para-hydroxylation sites is 3. The van der Waals surface area contributed by atoms with Crippen LogP contribution in [0.1, 0.15) is 0 Å². The summed E-state index contributed by atoms with van der Waals surface area (Å²) in [4.78, 5) is 18.8. The Bertz CT molecular complexity index is 3310. The number of hydrogen-bond donors (Lipinski definition) is 0. The van der Waals surface area contributed by atoms with Gasteiger partial charge in [0.15, 0.2) is 0 Å². The van der Waals surface area contributed by atoms with Crippen LogP contribution >= 0.6 is 22.7 Å². The first-order valence-electron chi connectivity index (χ1n) is 20.1. The number of hydrogen-bond acceptors (Lipinski definition) is 8. The van der Waals surface area contributed by atoms with E-state index in [-0.39, 0.29) is 0 Å². The standard InChI is InChI=1S/C53H33N5OS2/c1-2-9-38(10-3-1)57(39-21-16-34(17-22-39)52-55-46-12-4-6-14-50(46)60-52)41-25-20-36-30-45-44-27-26-42(32-49(44)59-48(45)31-37(36)29-41)58(43-11-8-28-54-33-43)40-23-18-35(19-24-40)53-56-47-13-5-7-15-51(47)61-53/h1-33H. The maximum absolute atomic E-state index is 6.71. The Balaban J connectivity index is 0.903. The number of fused-ring (bicyclic) bond motifs is 6. The van der Waals surface area contributed by atoms with Gasteiger partial charge in [0.1, 0.15) is 21.2 Å². The first-order valence-corrected chi connectivity index (χ1v) is 21.7. The van der Waals surface area contributed by atoms with E-state index >= 15 is 0 Å². The SMILES string of the molecule is c1ccc(N(c2ccc(-c3nc4ccccc4s3)cc2)c2ccc3cc4c(cc3c2)oc2cc(N(c3ccc(-c5nc6ccccc6s5)cc3)c3cccnc3)ccc24)cc1. The molecule has 0 unspecified atom stereocenters. The van der Waals surface area contributed by atoms with E-state index in [2.05, 4.69) is 185 Å². The Morgan fingerprint density at radius 1 is 0.393 bits per heavy atom. The molecular weight excluding hydrogens is 787 g/mol. The van der Waals surface area contributed by atoms with E-state index in [0.29, 0.717) is 0 Å². The Kier molecular flexibility index (Phi) is 8.43. The average molecular weight is 820 g/mol. The monoisotopic (exact) mass is 819 g/mol. The predicted molar refractivity (Wildman–Crippen MR) is 256 cm³/mol. The Labute approximate surface area is 358 Å². The van der Waals surface area contributed by atoms with Gasteiger partial charge < -0.3 is 14.2 Å². The molecule has 12 rings (SSSR count). The van der Waals surface area contributed by atoms with E-state index in [1.54, 1.807) is 28.9 Å². The molecule has 0 aliphatic rings. The lowest BCUT2D eigenvalue weighted by atomic mass is 10.0. The molecule has 0 amide bonds. The largest absolute Gasteiger partial charge is 0.456 e. The maximum Gasteiger partial charge on any atom is 0.137 e.